The fourth-order valence-corrected chi connectivity index (χ4v) is 1.54. The minimum absolute atomic E-state index is 0.266. The molecule has 0 atom stereocenters. The largest absolute Gasteiger partial charge is 0.373 e. The highest BCUT2D eigenvalue weighted by atomic mass is 35.5. The molecule has 0 aliphatic carbocycles. The van der Waals surface area contributed by atoms with Crippen LogP contribution in [0.2, 0.25) is 5.02 Å². The number of aromatic nitrogens is 2. The van der Waals surface area contributed by atoms with E-state index in [4.69, 9.17) is 16.1 Å². The van der Waals surface area contributed by atoms with Crippen molar-refractivity contribution in [3.05, 3.63) is 34.6 Å². The molecule has 18 heavy (non-hydrogen) atoms. The molecular weight excluding hydrogens is 256 g/mol. The van der Waals surface area contributed by atoms with Crippen molar-refractivity contribution in [3.63, 3.8) is 0 Å². The van der Waals surface area contributed by atoms with Crippen molar-refractivity contribution >= 4 is 29.2 Å². The fourth-order valence-electron chi connectivity index (χ4n) is 1.35. The first-order chi connectivity index (χ1) is 8.60. The third-order valence-electron chi connectivity index (χ3n) is 2.22. The van der Waals surface area contributed by atoms with E-state index in [1.165, 1.54) is 6.20 Å². The monoisotopic (exact) mass is 266 g/mol. The molecule has 0 saturated heterocycles. The summed E-state index contributed by atoms with van der Waals surface area (Å²) in [7, 11) is 1.71. The van der Waals surface area contributed by atoms with Gasteiger partial charge in [0.15, 0.2) is 0 Å². The Balaban J connectivity index is 2.23. The highest BCUT2D eigenvalue weighted by Crippen LogP contribution is 2.19. The number of carbonyl (C=O) groups excluding carboxylic acids is 1. The van der Waals surface area contributed by atoms with Gasteiger partial charge in [0.1, 0.15) is 5.82 Å². The van der Waals surface area contributed by atoms with Gasteiger partial charge in [-0.15, -0.1) is 0 Å². The molecule has 2 rings (SSSR count). The SMILES string of the molecule is CNc1cc(C(=O)Nc2cc(C)no2)c(Cl)cn1. The summed E-state index contributed by atoms with van der Waals surface area (Å²) in [6.45, 7) is 1.76. The Bertz CT molecular complexity index is 582. The van der Waals surface area contributed by atoms with E-state index in [1.54, 1.807) is 26.1 Å². The number of halogens is 1. The Hall–Kier alpha value is -2.08. The maximum absolute atomic E-state index is 12.0. The average molecular weight is 267 g/mol. The van der Waals surface area contributed by atoms with Crippen molar-refractivity contribution in [2.24, 2.45) is 0 Å². The standard InChI is InChI=1S/C11H11ClN4O2/c1-6-3-10(18-16-6)15-11(17)7-4-9(13-2)14-5-8(7)12/h3-5H,1-2H3,(H,13,14)(H,15,17). The highest BCUT2D eigenvalue weighted by Gasteiger charge is 2.14. The summed E-state index contributed by atoms with van der Waals surface area (Å²) >= 11 is 5.92. The molecule has 0 spiro atoms. The Morgan fingerprint density at radius 1 is 1.44 bits per heavy atom. The summed E-state index contributed by atoms with van der Waals surface area (Å²) in [4.78, 5) is 16.0. The molecule has 0 aliphatic rings. The number of pyridine rings is 1. The first kappa shape index (κ1) is 12.4. The first-order valence-corrected chi connectivity index (χ1v) is 5.56. The number of hydrogen-bond acceptors (Lipinski definition) is 5. The van der Waals surface area contributed by atoms with E-state index in [2.05, 4.69) is 20.8 Å². The van der Waals surface area contributed by atoms with E-state index in [9.17, 15) is 4.79 Å². The number of hydrogen-bond donors (Lipinski definition) is 2. The molecule has 1 amide bonds. The lowest BCUT2D eigenvalue weighted by Crippen LogP contribution is -2.12. The number of aryl methyl sites for hydroxylation is 1. The van der Waals surface area contributed by atoms with Crippen molar-refractivity contribution in [2.75, 3.05) is 17.7 Å². The molecule has 2 aromatic heterocycles. The summed E-state index contributed by atoms with van der Waals surface area (Å²) in [5.74, 6) is 0.449. The normalized spacial score (nSPS) is 10.2. The Morgan fingerprint density at radius 3 is 2.83 bits per heavy atom. The summed E-state index contributed by atoms with van der Waals surface area (Å²) < 4.78 is 4.90. The number of amides is 1. The summed E-state index contributed by atoms with van der Waals surface area (Å²) in [6.07, 6.45) is 1.41. The van der Waals surface area contributed by atoms with Gasteiger partial charge in [-0.3, -0.25) is 10.1 Å². The van der Waals surface area contributed by atoms with Crippen LogP contribution in [0.5, 0.6) is 0 Å². The summed E-state index contributed by atoms with van der Waals surface area (Å²) in [5.41, 5.74) is 0.993. The minimum Gasteiger partial charge on any atom is -0.373 e. The molecule has 0 unspecified atom stereocenters. The number of nitrogens with zero attached hydrogens (tertiary/aromatic N) is 2. The third-order valence-corrected chi connectivity index (χ3v) is 2.52. The van der Waals surface area contributed by atoms with Crippen LogP contribution < -0.4 is 10.6 Å². The van der Waals surface area contributed by atoms with E-state index < -0.39 is 0 Å². The molecule has 0 saturated carbocycles. The second-order valence-electron chi connectivity index (χ2n) is 3.59. The van der Waals surface area contributed by atoms with E-state index in [-0.39, 0.29) is 16.8 Å². The van der Waals surface area contributed by atoms with Crippen LogP contribution in [0.15, 0.2) is 22.9 Å². The summed E-state index contributed by atoms with van der Waals surface area (Å²) in [5, 5.41) is 9.33. The lowest BCUT2D eigenvalue weighted by atomic mass is 10.2. The first-order valence-electron chi connectivity index (χ1n) is 5.18. The quantitative estimate of drug-likeness (QED) is 0.891. The van der Waals surface area contributed by atoms with Crippen LogP contribution in [-0.2, 0) is 0 Å². The minimum atomic E-state index is -0.380. The molecule has 7 heteroatoms. The van der Waals surface area contributed by atoms with Gasteiger partial charge < -0.3 is 9.84 Å². The molecule has 0 fully saturated rings. The fraction of sp³-hybridized carbons (Fsp3) is 0.182. The third kappa shape index (κ3) is 2.60. The molecule has 2 heterocycles. The van der Waals surface area contributed by atoms with Crippen LogP contribution in [-0.4, -0.2) is 23.1 Å². The van der Waals surface area contributed by atoms with E-state index in [0.717, 1.165) is 0 Å². The molecule has 2 aromatic rings. The molecule has 6 nitrogen and oxygen atoms in total. The van der Waals surface area contributed by atoms with Gasteiger partial charge in [0.05, 0.1) is 16.3 Å². The van der Waals surface area contributed by atoms with Crippen LogP contribution in [0.3, 0.4) is 0 Å². The highest BCUT2D eigenvalue weighted by molar-refractivity contribution is 6.34. The van der Waals surface area contributed by atoms with Gasteiger partial charge in [-0.25, -0.2) is 4.98 Å². The zero-order valence-corrected chi connectivity index (χ0v) is 10.6. The molecule has 94 valence electrons. The van der Waals surface area contributed by atoms with Crippen LogP contribution in [0, 0.1) is 6.92 Å². The second-order valence-corrected chi connectivity index (χ2v) is 3.99. The summed E-state index contributed by atoms with van der Waals surface area (Å²) in [6, 6.07) is 3.17. The zero-order valence-electron chi connectivity index (χ0n) is 9.82. The van der Waals surface area contributed by atoms with Crippen molar-refractivity contribution in [1.29, 1.82) is 0 Å². The Morgan fingerprint density at radius 2 is 2.22 bits per heavy atom. The van der Waals surface area contributed by atoms with Crippen LogP contribution in [0.1, 0.15) is 16.1 Å². The lowest BCUT2D eigenvalue weighted by Gasteiger charge is -2.05. The van der Waals surface area contributed by atoms with Crippen molar-refractivity contribution in [2.45, 2.75) is 6.92 Å². The smallest absolute Gasteiger partial charge is 0.259 e. The Kier molecular flexibility index (Phi) is 3.47. The zero-order chi connectivity index (χ0) is 13.1. The predicted octanol–water partition coefficient (Wildman–Crippen LogP) is 2.33. The van der Waals surface area contributed by atoms with Crippen LogP contribution >= 0.6 is 11.6 Å². The lowest BCUT2D eigenvalue weighted by molar-refractivity contribution is 0.102. The van der Waals surface area contributed by atoms with Crippen molar-refractivity contribution < 1.29 is 9.32 Å². The molecule has 0 bridgehead atoms. The van der Waals surface area contributed by atoms with Gasteiger partial charge in [0.2, 0.25) is 5.88 Å². The number of carbonyl (C=O) groups is 1. The average Bonchev–Trinajstić information content (AvgIpc) is 2.75. The van der Waals surface area contributed by atoms with E-state index in [1.807, 2.05) is 0 Å². The van der Waals surface area contributed by atoms with Crippen LogP contribution in [0.4, 0.5) is 11.7 Å². The van der Waals surface area contributed by atoms with E-state index >= 15 is 0 Å². The van der Waals surface area contributed by atoms with Gasteiger partial charge in [0, 0.05) is 19.3 Å². The second kappa shape index (κ2) is 5.05. The van der Waals surface area contributed by atoms with Crippen molar-refractivity contribution in [3.8, 4) is 0 Å². The molecule has 0 radical (unpaired) electrons. The number of anilines is 2. The van der Waals surface area contributed by atoms with E-state index in [0.29, 0.717) is 17.1 Å². The van der Waals surface area contributed by atoms with Gasteiger partial charge in [0.25, 0.3) is 5.91 Å². The predicted molar refractivity (Wildman–Crippen MR) is 68.0 cm³/mol. The molecule has 0 aliphatic heterocycles. The molecular formula is C11H11ClN4O2. The maximum atomic E-state index is 12.0. The number of rotatable bonds is 3. The van der Waals surface area contributed by atoms with Gasteiger partial charge in [-0.1, -0.05) is 16.8 Å². The topological polar surface area (TPSA) is 80.0 Å². The van der Waals surface area contributed by atoms with Gasteiger partial charge in [-0.05, 0) is 13.0 Å². The molecule has 0 aromatic carbocycles. The van der Waals surface area contributed by atoms with Crippen molar-refractivity contribution in [1.82, 2.24) is 10.1 Å². The van der Waals surface area contributed by atoms with Gasteiger partial charge >= 0.3 is 0 Å². The Labute approximate surface area is 108 Å². The maximum Gasteiger partial charge on any atom is 0.259 e. The molecule has 2 N–H and O–H groups in total. The van der Waals surface area contributed by atoms with Crippen LogP contribution in [0.25, 0.3) is 0 Å². The number of nitrogens with one attached hydrogen (secondary N) is 2. The van der Waals surface area contributed by atoms with Gasteiger partial charge in [-0.2, -0.15) is 0 Å².